The fourth-order valence-electron chi connectivity index (χ4n) is 2.15. The van der Waals surface area contributed by atoms with Crippen LogP contribution in [0.4, 0.5) is 0 Å². The predicted octanol–water partition coefficient (Wildman–Crippen LogP) is 2.48. The standard InChI is InChI=1S/C16H16O6/c1-4-21-15(19)13-12(8(2)3)16(20)22-11-6-5-9(17)7-10(11)14(13)18/h5-7,17-18H,4H2,1-3H3. The van der Waals surface area contributed by atoms with E-state index in [2.05, 4.69) is 0 Å². The number of hydrogen-bond acceptors (Lipinski definition) is 6. The summed E-state index contributed by atoms with van der Waals surface area (Å²) in [4.78, 5) is 24.4. The summed E-state index contributed by atoms with van der Waals surface area (Å²) in [5.74, 6) is -2.14. The topological polar surface area (TPSA) is 93.1 Å². The van der Waals surface area contributed by atoms with Crippen LogP contribution in [0.25, 0.3) is 5.76 Å². The van der Waals surface area contributed by atoms with Gasteiger partial charge in [0.2, 0.25) is 0 Å². The molecule has 0 atom stereocenters. The maximum Gasteiger partial charge on any atom is 0.344 e. The van der Waals surface area contributed by atoms with Crippen LogP contribution >= 0.6 is 0 Å². The van der Waals surface area contributed by atoms with E-state index in [1.165, 1.54) is 18.2 Å². The lowest BCUT2D eigenvalue weighted by molar-refractivity contribution is -0.139. The number of allylic oxidation sites excluding steroid dienone is 1. The number of ether oxygens (including phenoxy) is 2. The summed E-state index contributed by atoms with van der Waals surface area (Å²) in [5.41, 5.74) is 0.229. The van der Waals surface area contributed by atoms with Gasteiger partial charge in [0.1, 0.15) is 22.8 Å². The molecule has 0 spiro atoms. The highest BCUT2D eigenvalue weighted by Gasteiger charge is 2.33. The molecule has 1 heterocycles. The van der Waals surface area contributed by atoms with Gasteiger partial charge in [0, 0.05) is 0 Å². The molecule has 2 rings (SSSR count). The van der Waals surface area contributed by atoms with Gasteiger partial charge in [0.05, 0.1) is 17.7 Å². The summed E-state index contributed by atoms with van der Waals surface area (Å²) in [6.45, 7) is 4.95. The monoisotopic (exact) mass is 304 g/mol. The van der Waals surface area contributed by atoms with E-state index < -0.39 is 17.7 Å². The van der Waals surface area contributed by atoms with Crippen molar-refractivity contribution in [2.45, 2.75) is 20.8 Å². The van der Waals surface area contributed by atoms with Crippen LogP contribution in [0.1, 0.15) is 26.3 Å². The minimum absolute atomic E-state index is 0.0488. The van der Waals surface area contributed by atoms with Crippen molar-refractivity contribution in [3.8, 4) is 11.5 Å². The average Bonchev–Trinajstić information content (AvgIpc) is 2.55. The number of carbonyl (C=O) groups is 2. The molecule has 0 fully saturated rings. The first-order chi connectivity index (χ1) is 10.4. The van der Waals surface area contributed by atoms with Gasteiger partial charge in [-0.15, -0.1) is 0 Å². The van der Waals surface area contributed by atoms with Crippen LogP contribution in [0.5, 0.6) is 11.5 Å². The number of fused-ring (bicyclic) bond motifs is 1. The van der Waals surface area contributed by atoms with Crippen molar-refractivity contribution < 1.29 is 29.3 Å². The van der Waals surface area contributed by atoms with E-state index in [0.29, 0.717) is 5.57 Å². The number of rotatable bonds is 2. The number of esters is 2. The third-order valence-corrected chi connectivity index (χ3v) is 3.09. The summed E-state index contributed by atoms with van der Waals surface area (Å²) in [6.07, 6.45) is 0. The number of carbonyl (C=O) groups excluding carboxylic acids is 2. The minimum atomic E-state index is -0.829. The lowest BCUT2D eigenvalue weighted by Gasteiger charge is -2.10. The molecule has 2 N–H and O–H groups in total. The van der Waals surface area contributed by atoms with Crippen molar-refractivity contribution in [3.05, 3.63) is 40.5 Å². The lowest BCUT2D eigenvalue weighted by atomic mass is 9.98. The van der Waals surface area contributed by atoms with Gasteiger partial charge in [-0.1, -0.05) is 5.57 Å². The maximum atomic E-state index is 12.3. The molecular weight excluding hydrogens is 288 g/mol. The van der Waals surface area contributed by atoms with Crippen LogP contribution in [-0.4, -0.2) is 28.8 Å². The van der Waals surface area contributed by atoms with Crippen molar-refractivity contribution in [2.75, 3.05) is 6.61 Å². The molecule has 1 aromatic carbocycles. The Bertz CT molecular complexity index is 707. The SMILES string of the molecule is CCOC(=O)C1=C(O)c2cc(O)ccc2OC(=O)C1=C(C)C. The second-order valence-corrected chi connectivity index (χ2v) is 4.89. The Balaban J connectivity index is 2.78. The molecule has 0 amide bonds. The fraction of sp³-hybridized carbons (Fsp3) is 0.250. The third kappa shape index (κ3) is 2.67. The largest absolute Gasteiger partial charge is 0.508 e. The Morgan fingerprint density at radius 2 is 1.95 bits per heavy atom. The third-order valence-electron chi connectivity index (χ3n) is 3.09. The van der Waals surface area contributed by atoms with Gasteiger partial charge in [-0.3, -0.25) is 0 Å². The lowest BCUT2D eigenvalue weighted by Crippen LogP contribution is -2.19. The molecule has 6 nitrogen and oxygen atoms in total. The first-order valence-electron chi connectivity index (χ1n) is 6.70. The molecule has 116 valence electrons. The molecule has 0 aliphatic carbocycles. The number of aliphatic hydroxyl groups excluding tert-OH is 1. The first kappa shape index (κ1) is 15.6. The molecule has 1 aliphatic rings. The van der Waals surface area contributed by atoms with E-state index in [0.717, 1.165) is 0 Å². The molecule has 0 saturated carbocycles. The number of benzene rings is 1. The van der Waals surface area contributed by atoms with Crippen molar-refractivity contribution in [1.82, 2.24) is 0 Å². The molecule has 6 heteroatoms. The predicted molar refractivity (Wildman–Crippen MR) is 78.3 cm³/mol. The minimum Gasteiger partial charge on any atom is -0.508 e. The normalized spacial score (nSPS) is 14.1. The Morgan fingerprint density at radius 1 is 1.27 bits per heavy atom. The summed E-state index contributed by atoms with van der Waals surface area (Å²) < 4.78 is 10.1. The van der Waals surface area contributed by atoms with E-state index in [4.69, 9.17) is 9.47 Å². The Labute approximate surface area is 127 Å². The van der Waals surface area contributed by atoms with Gasteiger partial charge < -0.3 is 19.7 Å². The van der Waals surface area contributed by atoms with E-state index in [1.807, 2.05) is 0 Å². The number of aromatic hydroxyl groups is 1. The average molecular weight is 304 g/mol. The van der Waals surface area contributed by atoms with Gasteiger partial charge in [0.15, 0.2) is 0 Å². The van der Waals surface area contributed by atoms with Crippen LogP contribution < -0.4 is 4.74 Å². The van der Waals surface area contributed by atoms with E-state index in [-0.39, 0.29) is 34.8 Å². The summed E-state index contributed by atoms with van der Waals surface area (Å²) in [7, 11) is 0. The highest BCUT2D eigenvalue weighted by molar-refractivity contribution is 6.13. The van der Waals surface area contributed by atoms with E-state index >= 15 is 0 Å². The maximum absolute atomic E-state index is 12.3. The van der Waals surface area contributed by atoms with Gasteiger partial charge in [-0.25, -0.2) is 9.59 Å². The van der Waals surface area contributed by atoms with Gasteiger partial charge in [-0.05, 0) is 39.0 Å². The number of hydrogen-bond donors (Lipinski definition) is 2. The molecular formula is C16H16O6. The highest BCUT2D eigenvalue weighted by Crippen LogP contribution is 2.37. The second-order valence-electron chi connectivity index (χ2n) is 4.89. The van der Waals surface area contributed by atoms with Crippen LogP contribution in [0, 0.1) is 0 Å². The molecule has 0 bridgehead atoms. The number of phenolic OH excluding ortho intramolecular Hbond substituents is 1. The molecule has 0 saturated heterocycles. The summed E-state index contributed by atoms with van der Waals surface area (Å²) >= 11 is 0. The Hall–Kier alpha value is -2.76. The zero-order chi connectivity index (χ0) is 16.4. The molecule has 1 aromatic rings. The van der Waals surface area contributed by atoms with Crippen LogP contribution in [0.15, 0.2) is 34.9 Å². The molecule has 0 radical (unpaired) electrons. The quantitative estimate of drug-likeness (QED) is 0.495. The molecule has 0 unspecified atom stereocenters. The first-order valence-corrected chi connectivity index (χ1v) is 6.70. The molecule has 0 aromatic heterocycles. The number of phenols is 1. The van der Waals surface area contributed by atoms with Crippen LogP contribution in [-0.2, 0) is 14.3 Å². The van der Waals surface area contributed by atoms with E-state index in [9.17, 15) is 19.8 Å². The fourth-order valence-corrected chi connectivity index (χ4v) is 2.15. The zero-order valence-corrected chi connectivity index (χ0v) is 12.5. The highest BCUT2D eigenvalue weighted by atomic mass is 16.5. The van der Waals surface area contributed by atoms with Gasteiger partial charge in [-0.2, -0.15) is 0 Å². The van der Waals surface area contributed by atoms with Gasteiger partial charge in [0.25, 0.3) is 0 Å². The van der Waals surface area contributed by atoms with Gasteiger partial charge >= 0.3 is 11.9 Å². The Kier molecular flexibility index (Phi) is 4.21. The molecule has 22 heavy (non-hydrogen) atoms. The smallest absolute Gasteiger partial charge is 0.344 e. The Morgan fingerprint density at radius 3 is 2.55 bits per heavy atom. The summed E-state index contributed by atoms with van der Waals surface area (Å²) in [6, 6.07) is 3.87. The number of aliphatic hydroxyl groups is 1. The second kappa shape index (κ2) is 5.93. The van der Waals surface area contributed by atoms with Crippen LogP contribution in [0.3, 0.4) is 0 Å². The van der Waals surface area contributed by atoms with Crippen LogP contribution in [0.2, 0.25) is 0 Å². The van der Waals surface area contributed by atoms with E-state index in [1.54, 1.807) is 20.8 Å². The zero-order valence-electron chi connectivity index (χ0n) is 12.5. The van der Waals surface area contributed by atoms with Crippen molar-refractivity contribution in [1.29, 1.82) is 0 Å². The molecule has 1 aliphatic heterocycles. The summed E-state index contributed by atoms with van der Waals surface area (Å²) in [5, 5.41) is 20.0. The van der Waals surface area contributed by atoms with Crippen molar-refractivity contribution in [2.24, 2.45) is 0 Å². The van der Waals surface area contributed by atoms with Crippen molar-refractivity contribution in [3.63, 3.8) is 0 Å². The van der Waals surface area contributed by atoms with Crippen molar-refractivity contribution >= 4 is 17.7 Å².